The molecular weight excluding hydrogens is 478 g/mol. The van der Waals surface area contributed by atoms with Crippen LogP contribution in [0.1, 0.15) is 32.1 Å². The summed E-state index contributed by atoms with van der Waals surface area (Å²) in [5.41, 5.74) is 5.82. The normalized spacial score (nSPS) is 20.6. The molecule has 36 heavy (non-hydrogen) atoms. The zero-order chi connectivity index (χ0) is 23.6. The first-order valence-electron chi connectivity index (χ1n) is 12.9. The molecule has 2 fully saturated rings. The summed E-state index contributed by atoms with van der Waals surface area (Å²) in [6.45, 7) is 0. The highest BCUT2D eigenvalue weighted by Crippen LogP contribution is 2.51. The van der Waals surface area contributed by atoms with Gasteiger partial charge >= 0.3 is 0 Å². The molecule has 8 rings (SSSR count). The molecule has 0 aromatic heterocycles. The molecule has 3 aromatic carbocycles. The van der Waals surface area contributed by atoms with E-state index in [-0.39, 0.29) is 0 Å². The second-order valence-corrected chi connectivity index (χ2v) is 12.3. The van der Waals surface area contributed by atoms with Gasteiger partial charge in [0.2, 0.25) is 5.36 Å². The summed E-state index contributed by atoms with van der Waals surface area (Å²) >= 11 is 3.72. The molecule has 2 saturated heterocycles. The second kappa shape index (κ2) is 8.19. The second-order valence-electron chi connectivity index (χ2n) is 10.1. The molecule has 5 heteroatoms. The van der Waals surface area contributed by atoms with Crippen LogP contribution in [-0.4, -0.2) is 17.1 Å². The van der Waals surface area contributed by atoms with E-state index in [2.05, 4.69) is 94.4 Å². The summed E-state index contributed by atoms with van der Waals surface area (Å²) in [6.07, 6.45) is 6.77. The Kier molecular flexibility index (Phi) is 4.77. The Morgan fingerprint density at radius 2 is 1.47 bits per heavy atom. The van der Waals surface area contributed by atoms with Crippen molar-refractivity contribution < 1.29 is 0 Å². The molecule has 4 aliphatic heterocycles. The smallest absolute Gasteiger partial charge is 0.201 e. The van der Waals surface area contributed by atoms with Crippen LogP contribution >= 0.6 is 23.1 Å². The largest absolute Gasteiger partial charge is 0.308 e. The molecule has 0 N–H and O–H groups in total. The molecule has 2 unspecified atom stereocenters. The molecule has 2 bridgehead atoms. The fraction of sp³-hybridized carbons (Fsp3) is 0.226. The predicted octanol–water partition coefficient (Wildman–Crippen LogP) is 7.82. The highest BCUT2D eigenvalue weighted by molar-refractivity contribution is 7.99. The number of piperidine rings is 1. The molecule has 176 valence electrons. The molecular formula is C31H26N3S2+. The number of rotatable bonds is 1. The molecule has 0 saturated carbocycles. The number of para-hydroxylation sites is 2. The van der Waals surface area contributed by atoms with Gasteiger partial charge in [0.1, 0.15) is 0 Å². The summed E-state index contributed by atoms with van der Waals surface area (Å²) in [5, 5.41) is 1.39. The van der Waals surface area contributed by atoms with Crippen LogP contribution in [0.15, 0.2) is 94.7 Å². The van der Waals surface area contributed by atoms with Crippen molar-refractivity contribution in [3.8, 4) is 10.6 Å². The van der Waals surface area contributed by atoms with Crippen LogP contribution in [0.25, 0.3) is 20.8 Å². The first-order chi connectivity index (χ1) is 17.8. The average molecular weight is 505 g/mol. The van der Waals surface area contributed by atoms with Gasteiger partial charge in [-0.2, -0.15) is 0 Å². The van der Waals surface area contributed by atoms with Crippen molar-refractivity contribution in [2.24, 2.45) is 0 Å². The Hall–Kier alpha value is -3.15. The fourth-order valence-corrected chi connectivity index (χ4v) is 8.51. The maximum atomic E-state index is 5.06. The summed E-state index contributed by atoms with van der Waals surface area (Å²) in [4.78, 5) is 11.3. The minimum absolute atomic E-state index is 0.725. The summed E-state index contributed by atoms with van der Waals surface area (Å²) in [7, 11) is 0. The zero-order valence-electron chi connectivity index (χ0n) is 19.9. The molecule has 0 spiro atoms. The fourth-order valence-electron chi connectivity index (χ4n) is 6.42. The third-order valence-electron chi connectivity index (χ3n) is 8.03. The van der Waals surface area contributed by atoms with Crippen molar-refractivity contribution in [3.63, 3.8) is 0 Å². The summed E-state index contributed by atoms with van der Waals surface area (Å²) in [5.74, 6) is 0. The minimum atomic E-state index is 0.725. The average Bonchev–Trinajstić information content (AvgIpc) is 3.17. The lowest BCUT2D eigenvalue weighted by atomic mass is 10.0. The lowest BCUT2D eigenvalue weighted by Gasteiger charge is -2.32. The molecule has 1 aliphatic carbocycles. The lowest BCUT2D eigenvalue weighted by Crippen LogP contribution is -2.42. The van der Waals surface area contributed by atoms with Gasteiger partial charge in [-0.3, -0.25) is 0 Å². The van der Waals surface area contributed by atoms with Crippen LogP contribution in [0.3, 0.4) is 0 Å². The van der Waals surface area contributed by atoms with E-state index < -0.39 is 0 Å². The van der Waals surface area contributed by atoms with Crippen molar-refractivity contribution in [3.05, 3.63) is 90.3 Å². The quantitative estimate of drug-likeness (QED) is 0.168. The molecule has 4 heterocycles. The van der Waals surface area contributed by atoms with Crippen molar-refractivity contribution >= 4 is 50.4 Å². The monoisotopic (exact) mass is 504 g/mol. The number of anilines is 3. The SMILES string of the molecule is c1ccc2c(c1)Sc1ccccc1N2c1ccc2nc3ccc(=[N+]4C5CCCC4CC5)cc-3sc2c1. The molecule has 2 atom stereocenters. The van der Waals surface area contributed by atoms with E-state index in [9.17, 15) is 0 Å². The van der Waals surface area contributed by atoms with E-state index in [1.807, 2.05) is 23.1 Å². The number of fused-ring (bicyclic) bond motifs is 6. The van der Waals surface area contributed by atoms with Crippen LogP contribution in [0.5, 0.6) is 0 Å². The molecule has 3 nitrogen and oxygen atoms in total. The van der Waals surface area contributed by atoms with Crippen LogP contribution in [-0.2, 0) is 0 Å². The Bertz CT molecular complexity index is 1620. The minimum Gasteiger partial charge on any atom is -0.308 e. The van der Waals surface area contributed by atoms with Gasteiger partial charge in [0, 0.05) is 53.3 Å². The maximum Gasteiger partial charge on any atom is 0.201 e. The standard InChI is InChI=1S/C31H26N3S2/c1-3-10-28-26(8-1)34(27-9-2-4-11-29(27)35-28)23-15-17-25-31(19-23)36-30-18-22(14-16-24(30)32-25)33-20-6-5-7-21(33)13-12-20/h1-4,8-11,14-21H,5-7,12-13H2/q+1. The van der Waals surface area contributed by atoms with Gasteiger partial charge in [-0.25, -0.2) is 9.56 Å². The Morgan fingerprint density at radius 1 is 0.750 bits per heavy atom. The molecule has 5 aliphatic rings. The van der Waals surface area contributed by atoms with Gasteiger partial charge in [-0.1, -0.05) is 36.0 Å². The number of aromatic nitrogens is 1. The summed E-state index contributed by atoms with van der Waals surface area (Å²) < 4.78 is 3.95. The number of hydrogen-bond donors (Lipinski definition) is 0. The first-order valence-corrected chi connectivity index (χ1v) is 14.6. The van der Waals surface area contributed by atoms with E-state index in [1.165, 1.54) is 73.9 Å². The Morgan fingerprint density at radius 3 is 2.22 bits per heavy atom. The Balaban J connectivity index is 1.30. The highest BCUT2D eigenvalue weighted by atomic mass is 32.2. The van der Waals surface area contributed by atoms with Gasteiger partial charge < -0.3 is 4.90 Å². The van der Waals surface area contributed by atoms with Gasteiger partial charge in [0.25, 0.3) is 0 Å². The van der Waals surface area contributed by atoms with Gasteiger partial charge in [-0.15, -0.1) is 11.3 Å². The van der Waals surface area contributed by atoms with Crippen LogP contribution in [0, 0.1) is 0 Å². The van der Waals surface area contributed by atoms with E-state index >= 15 is 0 Å². The first kappa shape index (κ1) is 21.0. The van der Waals surface area contributed by atoms with Gasteiger partial charge in [0.05, 0.1) is 32.2 Å². The van der Waals surface area contributed by atoms with Gasteiger partial charge in [0.15, 0.2) is 12.1 Å². The zero-order valence-corrected chi connectivity index (χ0v) is 21.6. The van der Waals surface area contributed by atoms with E-state index in [4.69, 9.17) is 4.98 Å². The van der Waals surface area contributed by atoms with Crippen LogP contribution in [0.2, 0.25) is 0 Å². The van der Waals surface area contributed by atoms with E-state index in [1.54, 1.807) is 0 Å². The molecule has 0 amide bonds. The number of hydrogen-bond acceptors (Lipinski definition) is 4. The van der Waals surface area contributed by atoms with Crippen molar-refractivity contribution in [2.75, 3.05) is 4.90 Å². The highest BCUT2D eigenvalue weighted by Gasteiger charge is 2.40. The summed E-state index contributed by atoms with van der Waals surface area (Å²) in [6, 6.07) is 32.5. The van der Waals surface area contributed by atoms with Crippen molar-refractivity contribution in [2.45, 2.75) is 54.0 Å². The Labute approximate surface area is 219 Å². The van der Waals surface area contributed by atoms with Gasteiger partial charge in [-0.05, 0) is 55.0 Å². The number of nitrogens with zero attached hydrogens (tertiary/aromatic N) is 3. The molecule has 0 radical (unpaired) electrons. The van der Waals surface area contributed by atoms with Crippen molar-refractivity contribution in [1.82, 2.24) is 9.56 Å². The van der Waals surface area contributed by atoms with E-state index in [0.29, 0.717) is 0 Å². The number of benzene rings is 4. The van der Waals surface area contributed by atoms with E-state index in [0.717, 1.165) is 23.3 Å². The van der Waals surface area contributed by atoms with Crippen LogP contribution in [0.4, 0.5) is 17.1 Å². The third kappa shape index (κ3) is 3.26. The third-order valence-corrected chi connectivity index (χ3v) is 10.3. The van der Waals surface area contributed by atoms with Crippen molar-refractivity contribution in [1.29, 1.82) is 0 Å². The van der Waals surface area contributed by atoms with Crippen LogP contribution < -0.4 is 14.8 Å². The molecule has 3 aromatic rings. The maximum absolute atomic E-state index is 5.06. The predicted molar refractivity (Wildman–Crippen MR) is 151 cm³/mol. The lowest BCUT2D eigenvalue weighted by molar-refractivity contribution is 0.341. The topological polar surface area (TPSA) is 19.1 Å².